The molecule has 248 valence electrons. The van der Waals surface area contributed by atoms with Crippen molar-refractivity contribution in [3.05, 3.63) is 12.7 Å². The maximum absolute atomic E-state index is 13.3. The monoisotopic (exact) mass is 601 g/mol. The van der Waals surface area contributed by atoms with Gasteiger partial charge in [-0.25, -0.2) is 0 Å². The second kappa shape index (κ2) is 14.8. The molecule has 0 N–H and O–H groups in total. The molecule has 3 rings (SSSR count). The molecule has 3 fully saturated rings. The number of ether oxygens (including phenoxy) is 2. The molecule has 7 atom stereocenters. The smallest absolute Gasteiger partial charge is 0.306 e. The van der Waals surface area contributed by atoms with E-state index < -0.39 is 5.41 Å². The lowest BCUT2D eigenvalue weighted by molar-refractivity contribution is -0.159. The molecule has 43 heavy (non-hydrogen) atoms. The van der Waals surface area contributed by atoms with Gasteiger partial charge in [0.1, 0.15) is 12.7 Å². The fourth-order valence-corrected chi connectivity index (χ4v) is 10.0. The van der Waals surface area contributed by atoms with Crippen LogP contribution >= 0.6 is 0 Å². The number of carbonyl (C=O) groups is 2. The number of carbonyl (C=O) groups excluding carboxylic acids is 2. The molecule has 4 nitrogen and oxygen atoms in total. The van der Waals surface area contributed by atoms with Crippen LogP contribution in [0.15, 0.2) is 12.7 Å². The van der Waals surface area contributed by atoms with E-state index in [0.717, 1.165) is 37.0 Å². The van der Waals surface area contributed by atoms with E-state index in [4.69, 9.17) is 9.47 Å². The molecule has 0 bridgehead atoms. The van der Waals surface area contributed by atoms with Crippen LogP contribution in [0, 0.1) is 51.2 Å². The van der Waals surface area contributed by atoms with Gasteiger partial charge in [-0.1, -0.05) is 107 Å². The molecule has 4 heteroatoms. The molecule has 0 aromatic carbocycles. The van der Waals surface area contributed by atoms with Crippen LogP contribution in [0.4, 0.5) is 0 Å². The molecule has 0 amide bonds. The summed E-state index contributed by atoms with van der Waals surface area (Å²) in [4.78, 5) is 25.5. The minimum Gasteiger partial charge on any atom is -0.462 e. The first-order valence-corrected chi connectivity index (χ1v) is 18.0. The molecule has 0 heterocycles. The SMILES string of the molecule is C=CCOC(=O)CC(C)(C)CC(=O)OC1CCC2(C)C(CCC(C)(C)C2CCC2CCCC(C)C2CCCC)CC1(C)C. The standard InChI is InChI=1S/C39H68O4/c1-11-13-17-31-28(3)15-14-16-29(31)18-19-32-37(6,7)22-20-30-25-38(8,9)33(21-23-39(30,32)10)43-35(41)27-36(4,5)26-34(40)42-24-12-2/h12,28-33H,2,11,13-27H2,1,3-10H3. The van der Waals surface area contributed by atoms with Crippen LogP contribution in [0.25, 0.3) is 0 Å². The number of fused-ring (bicyclic) bond motifs is 1. The first-order valence-electron chi connectivity index (χ1n) is 18.0. The summed E-state index contributed by atoms with van der Waals surface area (Å²) in [5.41, 5.74) is 0.0367. The average molecular weight is 601 g/mol. The third kappa shape index (κ3) is 9.35. The van der Waals surface area contributed by atoms with Crippen LogP contribution in [0.2, 0.25) is 0 Å². The Bertz CT molecular complexity index is 932. The summed E-state index contributed by atoms with van der Waals surface area (Å²) in [6.45, 7) is 24.9. The van der Waals surface area contributed by atoms with Gasteiger partial charge in [0.2, 0.25) is 0 Å². The van der Waals surface area contributed by atoms with Crippen molar-refractivity contribution in [3.63, 3.8) is 0 Å². The Morgan fingerprint density at radius 3 is 2.28 bits per heavy atom. The molecule has 0 radical (unpaired) electrons. The van der Waals surface area contributed by atoms with Gasteiger partial charge in [-0.15, -0.1) is 0 Å². The fourth-order valence-electron chi connectivity index (χ4n) is 10.0. The first-order chi connectivity index (χ1) is 20.0. The molecular formula is C39H68O4. The lowest BCUT2D eigenvalue weighted by Gasteiger charge is -2.56. The highest BCUT2D eigenvalue weighted by Gasteiger charge is 2.55. The quantitative estimate of drug-likeness (QED) is 0.156. The molecule has 7 unspecified atom stereocenters. The average Bonchev–Trinajstić information content (AvgIpc) is 2.99. The molecular weight excluding hydrogens is 532 g/mol. The maximum Gasteiger partial charge on any atom is 0.306 e. The lowest BCUT2D eigenvalue weighted by atomic mass is 9.49. The molecule has 0 aromatic rings. The van der Waals surface area contributed by atoms with Crippen molar-refractivity contribution in [3.8, 4) is 0 Å². The summed E-state index contributed by atoms with van der Waals surface area (Å²) in [5.74, 6) is 3.57. The van der Waals surface area contributed by atoms with Crippen molar-refractivity contribution in [2.45, 2.75) is 165 Å². The van der Waals surface area contributed by atoms with E-state index in [1.54, 1.807) is 6.08 Å². The number of rotatable bonds is 13. The highest BCUT2D eigenvalue weighted by molar-refractivity contribution is 5.74. The van der Waals surface area contributed by atoms with E-state index in [0.29, 0.717) is 17.3 Å². The zero-order valence-electron chi connectivity index (χ0n) is 29.7. The normalized spacial score (nSPS) is 34.0. The van der Waals surface area contributed by atoms with E-state index in [2.05, 4.69) is 55.0 Å². The summed E-state index contributed by atoms with van der Waals surface area (Å²) in [6.07, 6.45) is 18.8. The van der Waals surface area contributed by atoms with Gasteiger partial charge in [0.25, 0.3) is 0 Å². The maximum atomic E-state index is 13.3. The minimum atomic E-state index is -0.509. The van der Waals surface area contributed by atoms with Gasteiger partial charge in [0, 0.05) is 5.41 Å². The van der Waals surface area contributed by atoms with Gasteiger partial charge in [-0.3, -0.25) is 9.59 Å². The molecule has 3 aliphatic carbocycles. The first kappa shape index (κ1) is 36.2. The predicted molar refractivity (Wildman–Crippen MR) is 179 cm³/mol. The van der Waals surface area contributed by atoms with Crippen LogP contribution < -0.4 is 0 Å². The number of esters is 2. The molecule has 3 aliphatic rings. The third-order valence-electron chi connectivity index (χ3n) is 12.6. The second-order valence-electron chi connectivity index (χ2n) is 17.5. The van der Waals surface area contributed by atoms with Crippen molar-refractivity contribution in [2.75, 3.05) is 6.61 Å². The summed E-state index contributed by atoms with van der Waals surface area (Å²) < 4.78 is 11.5. The molecule has 3 saturated carbocycles. The summed E-state index contributed by atoms with van der Waals surface area (Å²) in [6, 6.07) is 0. The van der Waals surface area contributed by atoms with Crippen LogP contribution in [-0.2, 0) is 19.1 Å². The highest BCUT2D eigenvalue weighted by atomic mass is 16.5. The summed E-state index contributed by atoms with van der Waals surface area (Å²) >= 11 is 0. The van der Waals surface area contributed by atoms with Crippen LogP contribution in [0.3, 0.4) is 0 Å². The Kier molecular flexibility index (Phi) is 12.5. The van der Waals surface area contributed by atoms with Gasteiger partial charge in [-0.05, 0) is 97.2 Å². The van der Waals surface area contributed by atoms with Crippen molar-refractivity contribution >= 4 is 11.9 Å². The summed E-state index contributed by atoms with van der Waals surface area (Å²) in [5, 5.41) is 0. The fraction of sp³-hybridized carbons (Fsp3) is 0.897. The van der Waals surface area contributed by atoms with E-state index >= 15 is 0 Å². The second-order valence-corrected chi connectivity index (χ2v) is 17.5. The third-order valence-corrected chi connectivity index (χ3v) is 12.6. The predicted octanol–water partition coefficient (Wildman–Crippen LogP) is 10.7. The van der Waals surface area contributed by atoms with Gasteiger partial charge in [-0.2, -0.15) is 0 Å². The van der Waals surface area contributed by atoms with Crippen molar-refractivity contribution < 1.29 is 19.1 Å². The van der Waals surface area contributed by atoms with Crippen molar-refractivity contribution in [1.29, 1.82) is 0 Å². The Hall–Kier alpha value is -1.32. The Morgan fingerprint density at radius 2 is 1.60 bits per heavy atom. The number of hydrogen-bond donors (Lipinski definition) is 0. The highest BCUT2D eigenvalue weighted by Crippen LogP contribution is 2.62. The van der Waals surface area contributed by atoms with Crippen molar-refractivity contribution in [1.82, 2.24) is 0 Å². The van der Waals surface area contributed by atoms with Crippen molar-refractivity contribution in [2.24, 2.45) is 51.2 Å². The zero-order valence-corrected chi connectivity index (χ0v) is 29.7. The van der Waals surface area contributed by atoms with E-state index in [1.807, 2.05) is 13.8 Å². The van der Waals surface area contributed by atoms with E-state index in [9.17, 15) is 9.59 Å². The van der Waals surface area contributed by atoms with Gasteiger partial charge in [0.15, 0.2) is 0 Å². The van der Waals surface area contributed by atoms with Gasteiger partial charge < -0.3 is 9.47 Å². The van der Waals surface area contributed by atoms with E-state index in [1.165, 1.54) is 64.2 Å². The van der Waals surface area contributed by atoms with Crippen LogP contribution in [0.5, 0.6) is 0 Å². The van der Waals surface area contributed by atoms with Crippen LogP contribution in [-0.4, -0.2) is 24.6 Å². The Morgan fingerprint density at radius 1 is 0.907 bits per heavy atom. The van der Waals surface area contributed by atoms with Crippen LogP contribution in [0.1, 0.15) is 159 Å². The topological polar surface area (TPSA) is 52.6 Å². The van der Waals surface area contributed by atoms with Gasteiger partial charge in [0.05, 0.1) is 12.8 Å². The molecule has 0 spiro atoms. The molecule has 0 aromatic heterocycles. The zero-order chi connectivity index (χ0) is 32.1. The number of hydrogen-bond acceptors (Lipinski definition) is 4. The molecule has 0 saturated heterocycles. The Balaban J connectivity index is 1.71. The van der Waals surface area contributed by atoms with E-state index in [-0.39, 0.29) is 48.3 Å². The lowest BCUT2D eigenvalue weighted by Crippen LogP contribution is -2.48. The number of unbranched alkanes of at least 4 members (excludes halogenated alkanes) is 1. The minimum absolute atomic E-state index is 0.0683. The van der Waals surface area contributed by atoms with Gasteiger partial charge >= 0.3 is 11.9 Å². The Labute approximate surface area is 265 Å². The summed E-state index contributed by atoms with van der Waals surface area (Å²) in [7, 11) is 0. The largest absolute Gasteiger partial charge is 0.462 e. The molecule has 0 aliphatic heterocycles.